The van der Waals surface area contributed by atoms with Gasteiger partial charge in [0.15, 0.2) is 0 Å². The minimum atomic E-state index is 0.259. The molecule has 0 bridgehead atoms. The molecule has 1 N–H and O–H groups in total. The highest BCUT2D eigenvalue weighted by Gasteiger charge is 2.15. The first kappa shape index (κ1) is 15.3. The number of rotatable bonds is 7. The summed E-state index contributed by atoms with van der Waals surface area (Å²) in [6, 6.07) is 0. The molecule has 0 rings (SSSR count). The zero-order chi connectivity index (χ0) is 11.9. The fourth-order valence-electron chi connectivity index (χ4n) is 1.70. The smallest absolute Gasteiger partial charge is 0.00966 e. The highest BCUT2D eigenvalue weighted by atomic mass is 32.2. The van der Waals surface area contributed by atoms with Crippen LogP contribution in [0.2, 0.25) is 0 Å². The number of hydrogen-bond donors (Lipinski definition) is 1. The first-order valence-corrected chi connectivity index (χ1v) is 7.48. The largest absolute Gasteiger partial charge is 0.312 e. The maximum absolute atomic E-state index is 3.63. The highest BCUT2D eigenvalue weighted by Crippen LogP contribution is 2.17. The van der Waals surface area contributed by atoms with E-state index < -0.39 is 0 Å². The van der Waals surface area contributed by atoms with Crippen LogP contribution in [0.5, 0.6) is 0 Å². The van der Waals surface area contributed by atoms with E-state index in [4.69, 9.17) is 0 Å². The molecule has 0 aliphatic rings. The van der Waals surface area contributed by atoms with E-state index >= 15 is 0 Å². The lowest BCUT2D eigenvalue weighted by molar-refractivity contribution is 0.328. The predicted octanol–water partition coefficient (Wildman–Crippen LogP) is 3.79. The Bertz CT molecular complexity index is 149. The molecule has 92 valence electrons. The topological polar surface area (TPSA) is 12.0 Å². The van der Waals surface area contributed by atoms with Crippen molar-refractivity contribution < 1.29 is 0 Å². The average molecular weight is 231 g/mol. The predicted molar refractivity (Wildman–Crippen MR) is 73.7 cm³/mol. The first-order chi connectivity index (χ1) is 6.85. The summed E-state index contributed by atoms with van der Waals surface area (Å²) in [6.07, 6.45) is 4.90. The Morgan fingerprint density at radius 1 is 1.20 bits per heavy atom. The second-order valence-electron chi connectivity index (χ2n) is 5.91. The second-order valence-corrected chi connectivity index (χ2v) is 6.89. The van der Waals surface area contributed by atoms with Gasteiger partial charge in [0.25, 0.3) is 0 Å². The van der Waals surface area contributed by atoms with E-state index in [-0.39, 0.29) is 5.54 Å². The fourth-order valence-corrected chi connectivity index (χ4v) is 2.27. The molecule has 2 heteroatoms. The Kier molecular flexibility index (Phi) is 7.72. The summed E-state index contributed by atoms with van der Waals surface area (Å²) in [7, 11) is 0. The summed E-state index contributed by atoms with van der Waals surface area (Å²) < 4.78 is 0. The van der Waals surface area contributed by atoms with Gasteiger partial charge in [0.1, 0.15) is 0 Å². The molecule has 0 saturated carbocycles. The van der Waals surface area contributed by atoms with Crippen LogP contribution in [0, 0.1) is 11.8 Å². The minimum Gasteiger partial charge on any atom is -0.312 e. The molecule has 0 heterocycles. The molecule has 0 aromatic carbocycles. The molecule has 0 amide bonds. The van der Waals surface area contributed by atoms with Crippen molar-refractivity contribution in [1.82, 2.24) is 5.32 Å². The van der Waals surface area contributed by atoms with Crippen LogP contribution in [0.25, 0.3) is 0 Å². The maximum atomic E-state index is 3.63. The quantitative estimate of drug-likeness (QED) is 0.715. The molecule has 0 spiro atoms. The van der Waals surface area contributed by atoms with Crippen molar-refractivity contribution in [2.75, 3.05) is 18.6 Å². The van der Waals surface area contributed by atoms with Crippen molar-refractivity contribution in [2.45, 2.75) is 53.0 Å². The summed E-state index contributed by atoms with van der Waals surface area (Å²) in [4.78, 5) is 0. The van der Waals surface area contributed by atoms with Gasteiger partial charge in [-0.25, -0.2) is 0 Å². The van der Waals surface area contributed by atoms with Gasteiger partial charge >= 0.3 is 0 Å². The third-order valence-electron chi connectivity index (χ3n) is 2.46. The fraction of sp³-hybridized carbons (Fsp3) is 1.00. The van der Waals surface area contributed by atoms with E-state index in [9.17, 15) is 0 Å². The van der Waals surface area contributed by atoms with E-state index in [1.807, 2.05) is 11.8 Å². The molecule has 0 aromatic heterocycles. The third-order valence-corrected chi connectivity index (χ3v) is 3.10. The SMILES string of the molecule is CSCCC(CNC(C)(C)C)CC(C)C. The van der Waals surface area contributed by atoms with Crippen LogP contribution in [0.3, 0.4) is 0 Å². The standard InChI is InChI=1S/C13H29NS/c1-11(2)9-12(7-8-15-6)10-14-13(3,4)5/h11-12,14H,7-10H2,1-6H3. The molecule has 0 fully saturated rings. The van der Waals surface area contributed by atoms with Gasteiger partial charge in [0, 0.05) is 5.54 Å². The zero-order valence-corrected chi connectivity index (χ0v) is 12.2. The molecule has 1 unspecified atom stereocenters. The molecule has 0 aromatic rings. The van der Waals surface area contributed by atoms with Gasteiger partial charge in [0.2, 0.25) is 0 Å². The Hall–Kier alpha value is 0.310. The van der Waals surface area contributed by atoms with E-state index in [2.05, 4.69) is 46.2 Å². The molecule has 0 aliphatic carbocycles. The van der Waals surface area contributed by atoms with Crippen molar-refractivity contribution in [2.24, 2.45) is 11.8 Å². The highest BCUT2D eigenvalue weighted by molar-refractivity contribution is 7.98. The number of thioether (sulfide) groups is 1. The zero-order valence-electron chi connectivity index (χ0n) is 11.4. The monoisotopic (exact) mass is 231 g/mol. The molecule has 15 heavy (non-hydrogen) atoms. The molecule has 0 radical (unpaired) electrons. The number of nitrogens with one attached hydrogen (secondary N) is 1. The van der Waals surface area contributed by atoms with Crippen molar-refractivity contribution in [1.29, 1.82) is 0 Å². The van der Waals surface area contributed by atoms with E-state index in [1.54, 1.807) is 0 Å². The van der Waals surface area contributed by atoms with Crippen molar-refractivity contribution >= 4 is 11.8 Å². The van der Waals surface area contributed by atoms with Gasteiger partial charge < -0.3 is 5.32 Å². The molecule has 0 saturated heterocycles. The van der Waals surface area contributed by atoms with Gasteiger partial charge in [-0.05, 0) is 64.0 Å². The maximum Gasteiger partial charge on any atom is 0.00966 e. The van der Waals surface area contributed by atoms with E-state index in [1.165, 1.54) is 25.1 Å². The minimum absolute atomic E-state index is 0.259. The van der Waals surface area contributed by atoms with Crippen LogP contribution in [0.4, 0.5) is 0 Å². The van der Waals surface area contributed by atoms with E-state index in [0.717, 1.165) is 11.8 Å². The number of hydrogen-bond acceptors (Lipinski definition) is 2. The van der Waals surface area contributed by atoms with E-state index in [0.29, 0.717) is 0 Å². The normalized spacial score (nSPS) is 14.6. The lowest BCUT2D eigenvalue weighted by Gasteiger charge is -2.26. The molecule has 1 nitrogen and oxygen atoms in total. The van der Waals surface area contributed by atoms with Gasteiger partial charge in [0.05, 0.1) is 0 Å². The van der Waals surface area contributed by atoms with Crippen molar-refractivity contribution in [3.8, 4) is 0 Å². The van der Waals surface area contributed by atoms with Gasteiger partial charge in [-0.15, -0.1) is 0 Å². The summed E-state index contributed by atoms with van der Waals surface area (Å²) >= 11 is 1.96. The molecular weight excluding hydrogens is 202 g/mol. The van der Waals surface area contributed by atoms with Crippen LogP contribution < -0.4 is 5.32 Å². The van der Waals surface area contributed by atoms with Crippen LogP contribution >= 0.6 is 11.8 Å². The Morgan fingerprint density at radius 3 is 2.20 bits per heavy atom. The Labute approximate surface area is 101 Å². The van der Waals surface area contributed by atoms with Gasteiger partial charge in [-0.2, -0.15) is 11.8 Å². The average Bonchev–Trinajstić information content (AvgIpc) is 2.07. The van der Waals surface area contributed by atoms with Crippen molar-refractivity contribution in [3.63, 3.8) is 0 Å². The molecule has 1 atom stereocenters. The second kappa shape index (κ2) is 7.56. The lowest BCUT2D eigenvalue weighted by Crippen LogP contribution is -2.39. The molecular formula is C13H29NS. The van der Waals surface area contributed by atoms with Gasteiger partial charge in [-0.3, -0.25) is 0 Å². The Morgan fingerprint density at radius 2 is 1.80 bits per heavy atom. The van der Waals surface area contributed by atoms with Crippen LogP contribution in [-0.4, -0.2) is 24.1 Å². The first-order valence-electron chi connectivity index (χ1n) is 6.09. The van der Waals surface area contributed by atoms with Crippen LogP contribution in [0.15, 0.2) is 0 Å². The van der Waals surface area contributed by atoms with Crippen LogP contribution in [-0.2, 0) is 0 Å². The van der Waals surface area contributed by atoms with Crippen LogP contribution in [0.1, 0.15) is 47.5 Å². The summed E-state index contributed by atoms with van der Waals surface area (Å²) in [5, 5.41) is 3.63. The summed E-state index contributed by atoms with van der Waals surface area (Å²) in [5.74, 6) is 2.96. The lowest BCUT2D eigenvalue weighted by atomic mass is 9.94. The third kappa shape index (κ3) is 10.6. The van der Waals surface area contributed by atoms with Crippen molar-refractivity contribution in [3.05, 3.63) is 0 Å². The Balaban J connectivity index is 3.89. The summed E-state index contributed by atoms with van der Waals surface area (Å²) in [5.41, 5.74) is 0.259. The van der Waals surface area contributed by atoms with Gasteiger partial charge in [-0.1, -0.05) is 13.8 Å². The molecule has 0 aliphatic heterocycles. The summed E-state index contributed by atoms with van der Waals surface area (Å²) in [6.45, 7) is 12.5.